The van der Waals surface area contributed by atoms with Gasteiger partial charge in [-0.15, -0.1) is 30.6 Å². The Morgan fingerprint density at radius 1 is 1.08 bits per heavy atom. The van der Waals surface area contributed by atoms with Gasteiger partial charge in [0.2, 0.25) is 0 Å². The van der Waals surface area contributed by atoms with Gasteiger partial charge in [0.1, 0.15) is 12.4 Å². The van der Waals surface area contributed by atoms with Gasteiger partial charge < -0.3 is 15.4 Å². The Hall–Kier alpha value is -2.02. The number of nitrogens with one attached hydrogen (secondary N) is 2. The molecule has 0 aliphatic rings. The van der Waals surface area contributed by atoms with Crippen molar-refractivity contribution < 1.29 is 4.74 Å². The largest absolute Gasteiger partial charge is 0.489 e. The zero-order valence-electron chi connectivity index (χ0n) is 14.6. The standard InChI is InChI=1S/C20H25N3O.HI/c1-3-13-22-20(21-4-2)23-15-17-9-8-10-18(14-17)16-24-19-11-6-5-7-12-19;/h3,5-12,14H,1,4,13,15-16H2,2H3,(H2,21,22,23);1H. The molecule has 0 amide bonds. The van der Waals surface area contributed by atoms with Crippen LogP contribution in [0, 0.1) is 0 Å². The molecule has 0 radical (unpaired) electrons. The van der Waals surface area contributed by atoms with Crippen LogP contribution >= 0.6 is 24.0 Å². The van der Waals surface area contributed by atoms with Crippen molar-refractivity contribution in [2.45, 2.75) is 20.1 Å². The second kappa shape index (κ2) is 12.4. The van der Waals surface area contributed by atoms with E-state index in [9.17, 15) is 0 Å². The molecule has 0 aliphatic heterocycles. The monoisotopic (exact) mass is 451 g/mol. The van der Waals surface area contributed by atoms with Crippen molar-refractivity contribution in [3.05, 3.63) is 78.4 Å². The van der Waals surface area contributed by atoms with Gasteiger partial charge >= 0.3 is 0 Å². The molecule has 5 heteroatoms. The van der Waals surface area contributed by atoms with Crippen LogP contribution in [-0.4, -0.2) is 19.0 Å². The third-order valence-corrected chi connectivity index (χ3v) is 3.32. The fourth-order valence-electron chi connectivity index (χ4n) is 2.18. The number of hydrogen-bond acceptors (Lipinski definition) is 2. The van der Waals surface area contributed by atoms with E-state index >= 15 is 0 Å². The highest BCUT2D eigenvalue weighted by Crippen LogP contribution is 2.13. The molecule has 2 rings (SSSR count). The minimum Gasteiger partial charge on any atom is -0.489 e. The highest BCUT2D eigenvalue weighted by atomic mass is 127. The number of halogens is 1. The van der Waals surface area contributed by atoms with Gasteiger partial charge in [-0.1, -0.05) is 48.5 Å². The van der Waals surface area contributed by atoms with Crippen molar-refractivity contribution in [3.8, 4) is 5.75 Å². The lowest BCUT2D eigenvalue weighted by atomic mass is 10.1. The van der Waals surface area contributed by atoms with E-state index in [0.717, 1.165) is 29.4 Å². The number of guanidine groups is 1. The highest BCUT2D eigenvalue weighted by Gasteiger charge is 1.99. The van der Waals surface area contributed by atoms with Crippen molar-refractivity contribution in [1.82, 2.24) is 10.6 Å². The molecule has 0 bridgehead atoms. The molecule has 4 nitrogen and oxygen atoms in total. The molecule has 0 heterocycles. The molecule has 0 aromatic heterocycles. The van der Waals surface area contributed by atoms with E-state index < -0.39 is 0 Å². The lowest BCUT2D eigenvalue weighted by Crippen LogP contribution is -2.37. The first kappa shape index (κ1) is 21.0. The van der Waals surface area contributed by atoms with Crippen molar-refractivity contribution in [3.63, 3.8) is 0 Å². The number of hydrogen-bond donors (Lipinski definition) is 2. The Labute approximate surface area is 167 Å². The summed E-state index contributed by atoms with van der Waals surface area (Å²) in [5.74, 6) is 1.67. The van der Waals surface area contributed by atoms with Crippen molar-refractivity contribution in [1.29, 1.82) is 0 Å². The van der Waals surface area contributed by atoms with Gasteiger partial charge in [0.25, 0.3) is 0 Å². The molecule has 134 valence electrons. The third kappa shape index (κ3) is 8.07. The van der Waals surface area contributed by atoms with Crippen LogP contribution in [0.4, 0.5) is 0 Å². The van der Waals surface area contributed by atoms with Crippen LogP contribution in [0.25, 0.3) is 0 Å². The number of para-hydroxylation sites is 1. The van der Waals surface area contributed by atoms with Gasteiger partial charge in [-0.3, -0.25) is 0 Å². The normalized spacial score (nSPS) is 10.5. The summed E-state index contributed by atoms with van der Waals surface area (Å²) in [7, 11) is 0. The quantitative estimate of drug-likeness (QED) is 0.275. The molecular formula is C20H26IN3O. The molecule has 2 aromatic rings. The smallest absolute Gasteiger partial charge is 0.191 e. The molecule has 2 N–H and O–H groups in total. The minimum absolute atomic E-state index is 0. The summed E-state index contributed by atoms with van der Waals surface area (Å²) in [6, 6.07) is 18.2. The van der Waals surface area contributed by atoms with Crippen LogP contribution in [0.2, 0.25) is 0 Å². The van der Waals surface area contributed by atoms with Crippen LogP contribution in [0.3, 0.4) is 0 Å². The Bertz CT molecular complexity index is 659. The van der Waals surface area contributed by atoms with Crippen molar-refractivity contribution in [2.24, 2.45) is 4.99 Å². The lowest BCUT2D eigenvalue weighted by Gasteiger charge is -2.10. The van der Waals surface area contributed by atoms with Crippen LogP contribution in [0.1, 0.15) is 18.1 Å². The SMILES string of the molecule is C=CCNC(=NCc1cccc(COc2ccccc2)c1)NCC.I. The van der Waals surface area contributed by atoms with E-state index in [1.807, 2.05) is 49.4 Å². The van der Waals surface area contributed by atoms with E-state index in [1.165, 1.54) is 0 Å². The Morgan fingerprint density at radius 2 is 1.84 bits per heavy atom. The van der Waals surface area contributed by atoms with Gasteiger partial charge in [0, 0.05) is 13.1 Å². The maximum Gasteiger partial charge on any atom is 0.191 e. The number of nitrogens with zero attached hydrogens (tertiary/aromatic N) is 1. The first-order chi connectivity index (χ1) is 11.8. The fourth-order valence-corrected chi connectivity index (χ4v) is 2.18. The molecule has 0 fully saturated rings. The molecule has 0 saturated carbocycles. The summed E-state index contributed by atoms with van der Waals surface area (Å²) in [5.41, 5.74) is 2.29. The van der Waals surface area contributed by atoms with E-state index in [2.05, 4.69) is 40.4 Å². The predicted octanol–water partition coefficient (Wildman–Crippen LogP) is 4.12. The third-order valence-electron chi connectivity index (χ3n) is 3.32. The minimum atomic E-state index is 0. The van der Waals surface area contributed by atoms with Gasteiger partial charge in [0.15, 0.2) is 5.96 Å². The summed E-state index contributed by atoms with van der Waals surface area (Å²) in [4.78, 5) is 4.59. The van der Waals surface area contributed by atoms with Gasteiger partial charge in [0.05, 0.1) is 6.54 Å². The maximum atomic E-state index is 5.79. The van der Waals surface area contributed by atoms with Gasteiger partial charge in [-0.25, -0.2) is 4.99 Å². The molecule has 25 heavy (non-hydrogen) atoms. The summed E-state index contributed by atoms with van der Waals surface area (Å²) >= 11 is 0. The Morgan fingerprint density at radius 3 is 2.56 bits per heavy atom. The molecule has 0 atom stereocenters. The predicted molar refractivity (Wildman–Crippen MR) is 116 cm³/mol. The number of ether oxygens (including phenoxy) is 1. The number of benzene rings is 2. The van der Waals surface area contributed by atoms with Crippen molar-refractivity contribution in [2.75, 3.05) is 13.1 Å². The molecule has 0 saturated heterocycles. The molecule has 0 unspecified atom stereocenters. The average Bonchev–Trinajstić information content (AvgIpc) is 2.63. The van der Waals surface area contributed by atoms with Gasteiger partial charge in [-0.2, -0.15) is 0 Å². The summed E-state index contributed by atoms with van der Waals surface area (Å²) in [6.07, 6.45) is 1.81. The van der Waals surface area contributed by atoms with Crippen LogP contribution in [0.15, 0.2) is 72.2 Å². The Balaban J connectivity index is 0.00000312. The first-order valence-corrected chi connectivity index (χ1v) is 8.20. The van der Waals surface area contributed by atoms with Crippen LogP contribution < -0.4 is 15.4 Å². The second-order valence-electron chi connectivity index (χ2n) is 5.29. The number of rotatable bonds is 8. The summed E-state index contributed by atoms with van der Waals surface area (Å²) in [6.45, 7) is 8.44. The van der Waals surface area contributed by atoms with E-state index in [0.29, 0.717) is 19.7 Å². The molecule has 0 aliphatic carbocycles. The maximum absolute atomic E-state index is 5.79. The molecule has 2 aromatic carbocycles. The van der Waals surface area contributed by atoms with Crippen LogP contribution in [0.5, 0.6) is 5.75 Å². The lowest BCUT2D eigenvalue weighted by molar-refractivity contribution is 0.306. The van der Waals surface area contributed by atoms with Crippen LogP contribution in [-0.2, 0) is 13.2 Å². The summed E-state index contributed by atoms with van der Waals surface area (Å²) < 4.78 is 5.79. The summed E-state index contributed by atoms with van der Waals surface area (Å²) in [5, 5.41) is 6.41. The van der Waals surface area contributed by atoms with E-state index in [4.69, 9.17) is 4.74 Å². The zero-order chi connectivity index (χ0) is 17.0. The highest BCUT2D eigenvalue weighted by molar-refractivity contribution is 14.0. The van der Waals surface area contributed by atoms with E-state index in [1.54, 1.807) is 0 Å². The fraction of sp³-hybridized carbons (Fsp3) is 0.250. The average molecular weight is 451 g/mol. The second-order valence-corrected chi connectivity index (χ2v) is 5.29. The molecular weight excluding hydrogens is 425 g/mol. The first-order valence-electron chi connectivity index (χ1n) is 8.20. The zero-order valence-corrected chi connectivity index (χ0v) is 16.9. The number of aliphatic imine (C=N–C) groups is 1. The topological polar surface area (TPSA) is 45.7 Å². The van der Waals surface area contributed by atoms with Crippen molar-refractivity contribution >= 4 is 29.9 Å². The molecule has 0 spiro atoms. The van der Waals surface area contributed by atoms with Gasteiger partial charge in [-0.05, 0) is 30.2 Å². The Kier molecular flexibility index (Phi) is 10.4. The van der Waals surface area contributed by atoms with E-state index in [-0.39, 0.29) is 24.0 Å².